The number of primary amides is 1. The summed E-state index contributed by atoms with van der Waals surface area (Å²) in [6.45, 7) is 0. The molecule has 3 aromatic rings. The molecule has 1 heterocycles. The molecule has 0 atom stereocenters. The molecule has 0 aliphatic heterocycles. The molecule has 0 radical (unpaired) electrons. The molecule has 8 nitrogen and oxygen atoms in total. The van der Waals surface area contributed by atoms with E-state index >= 15 is 0 Å². The van der Waals surface area contributed by atoms with Crippen LogP contribution in [0.1, 0.15) is 10.4 Å². The number of rotatable bonds is 6. The molecule has 0 saturated carbocycles. The number of hydrogen-bond donors (Lipinski definition) is 1. The second-order valence-electron chi connectivity index (χ2n) is 5.25. The first-order valence-corrected chi connectivity index (χ1v) is 7.62. The summed E-state index contributed by atoms with van der Waals surface area (Å²) in [6, 6.07) is 10.2. The van der Waals surface area contributed by atoms with Crippen molar-refractivity contribution in [2.24, 2.45) is 5.73 Å². The monoisotopic (exact) mass is 355 g/mol. The standard InChI is InChI=1S/C18H17N3O5/c1-23-13-8-10(9-14(24-2)15(13)25-3)17-20-18(26-21-17)12-7-5-4-6-11(12)16(19)22/h4-9H,1-3H3,(H2,19,22). The molecule has 0 saturated heterocycles. The molecule has 2 aromatic carbocycles. The van der Waals surface area contributed by atoms with Gasteiger partial charge in [-0.2, -0.15) is 4.98 Å². The highest BCUT2D eigenvalue weighted by atomic mass is 16.5. The maximum Gasteiger partial charge on any atom is 0.259 e. The number of carbonyl (C=O) groups is 1. The zero-order chi connectivity index (χ0) is 18.7. The Bertz CT molecular complexity index is 926. The minimum Gasteiger partial charge on any atom is -0.493 e. The fraction of sp³-hybridized carbons (Fsp3) is 0.167. The van der Waals surface area contributed by atoms with E-state index in [2.05, 4.69) is 10.1 Å². The number of aromatic nitrogens is 2. The second kappa shape index (κ2) is 7.14. The molecule has 0 fully saturated rings. The number of methoxy groups -OCH3 is 3. The van der Waals surface area contributed by atoms with E-state index in [1.165, 1.54) is 21.3 Å². The third-order valence-corrected chi connectivity index (χ3v) is 3.77. The Labute approximate surface area is 149 Å². The van der Waals surface area contributed by atoms with Gasteiger partial charge in [0.2, 0.25) is 17.5 Å². The number of benzene rings is 2. The summed E-state index contributed by atoms with van der Waals surface area (Å²) in [5.74, 6) is 1.30. The van der Waals surface area contributed by atoms with E-state index in [0.29, 0.717) is 39.8 Å². The van der Waals surface area contributed by atoms with Crippen LogP contribution in [-0.2, 0) is 0 Å². The molecule has 134 valence electrons. The lowest BCUT2D eigenvalue weighted by molar-refractivity contribution is 0.100. The number of nitrogens with zero attached hydrogens (tertiary/aromatic N) is 2. The van der Waals surface area contributed by atoms with E-state index in [9.17, 15) is 4.79 Å². The lowest BCUT2D eigenvalue weighted by atomic mass is 10.1. The van der Waals surface area contributed by atoms with Crippen LogP contribution in [0, 0.1) is 0 Å². The van der Waals surface area contributed by atoms with E-state index < -0.39 is 5.91 Å². The van der Waals surface area contributed by atoms with Crippen LogP contribution in [0.2, 0.25) is 0 Å². The average molecular weight is 355 g/mol. The van der Waals surface area contributed by atoms with Gasteiger partial charge in [-0.3, -0.25) is 4.79 Å². The molecule has 0 aliphatic carbocycles. The summed E-state index contributed by atoms with van der Waals surface area (Å²) in [5.41, 5.74) is 6.77. The van der Waals surface area contributed by atoms with E-state index in [-0.39, 0.29) is 5.89 Å². The lowest BCUT2D eigenvalue weighted by Crippen LogP contribution is -2.12. The molecule has 0 aliphatic rings. The largest absolute Gasteiger partial charge is 0.493 e. The number of hydrogen-bond acceptors (Lipinski definition) is 7. The number of amides is 1. The smallest absolute Gasteiger partial charge is 0.259 e. The molecule has 8 heteroatoms. The van der Waals surface area contributed by atoms with Crippen LogP contribution in [-0.4, -0.2) is 37.4 Å². The highest BCUT2D eigenvalue weighted by molar-refractivity contribution is 5.98. The Kier molecular flexibility index (Phi) is 4.74. The second-order valence-corrected chi connectivity index (χ2v) is 5.25. The van der Waals surface area contributed by atoms with E-state index in [1.54, 1.807) is 36.4 Å². The Morgan fingerprint density at radius 1 is 1.04 bits per heavy atom. The minimum absolute atomic E-state index is 0.183. The van der Waals surface area contributed by atoms with Crippen molar-refractivity contribution >= 4 is 5.91 Å². The molecule has 26 heavy (non-hydrogen) atoms. The third-order valence-electron chi connectivity index (χ3n) is 3.77. The Hall–Kier alpha value is -3.55. The highest BCUT2D eigenvalue weighted by Gasteiger charge is 2.19. The van der Waals surface area contributed by atoms with Crippen molar-refractivity contribution in [3.63, 3.8) is 0 Å². The van der Waals surface area contributed by atoms with Crippen LogP contribution in [0.15, 0.2) is 40.9 Å². The molecule has 1 amide bonds. The van der Waals surface area contributed by atoms with Gasteiger partial charge in [-0.05, 0) is 24.3 Å². The van der Waals surface area contributed by atoms with Crippen LogP contribution in [0.25, 0.3) is 22.8 Å². The van der Waals surface area contributed by atoms with Crippen molar-refractivity contribution in [1.82, 2.24) is 10.1 Å². The van der Waals surface area contributed by atoms with Crippen molar-refractivity contribution < 1.29 is 23.5 Å². The summed E-state index contributed by atoms with van der Waals surface area (Å²) < 4.78 is 21.3. The minimum atomic E-state index is -0.576. The zero-order valence-corrected chi connectivity index (χ0v) is 14.5. The Morgan fingerprint density at radius 2 is 1.69 bits per heavy atom. The van der Waals surface area contributed by atoms with Gasteiger partial charge < -0.3 is 24.5 Å². The van der Waals surface area contributed by atoms with Gasteiger partial charge in [0.25, 0.3) is 5.89 Å². The number of ether oxygens (including phenoxy) is 3. The first-order valence-electron chi connectivity index (χ1n) is 7.62. The van der Waals surface area contributed by atoms with Crippen molar-refractivity contribution in [1.29, 1.82) is 0 Å². The van der Waals surface area contributed by atoms with Gasteiger partial charge in [0, 0.05) is 5.56 Å². The maximum atomic E-state index is 11.6. The van der Waals surface area contributed by atoms with Gasteiger partial charge in [-0.1, -0.05) is 17.3 Å². The maximum absolute atomic E-state index is 11.6. The van der Waals surface area contributed by atoms with Crippen LogP contribution in [0.3, 0.4) is 0 Å². The van der Waals surface area contributed by atoms with Gasteiger partial charge in [0.1, 0.15) is 0 Å². The van der Waals surface area contributed by atoms with Crippen LogP contribution in [0.4, 0.5) is 0 Å². The zero-order valence-electron chi connectivity index (χ0n) is 14.5. The topological polar surface area (TPSA) is 110 Å². The Balaban J connectivity index is 2.08. The van der Waals surface area contributed by atoms with Crippen LogP contribution >= 0.6 is 0 Å². The molecular weight excluding hydrogens is 338 g/mol. The normalized spacial score (nSPS) is 10.4. The van der Waals surface area contributed by atoms with Gasteiger partial charge >= 0.3 is 0 Å². The lowest BCUT2D eigenvalue weighted by Gasteiger charge is -2.12. The van der Waals surface area contributed by atoms with Gasteiger partial charge in [0.15, 0.2) is 11.5 Å². The number of carbonyl (C=O) groups excluding carboxylic acids is 1. The summed E-state index contributed by atoms with van der Waals surface area (Å²) in [6.07, 6.45) is 0. The van der Waals surface area contributed by atoms with Crippen molar-refractivity contribution in [2.45, 2.75) is 0 Å². The van der Waals surface area contributed by atoms with Crippen LogP contribution < -0.4 is 19.9 Å². The van der Waals surface area contributed by atoms with Crippen LogP contribution in [0.5, 0.6) is 17.2 Å². The third kappa shape index (κ3) is 3.04. The SMILES string of the molecule is COc1cc(-c2noc(-c3ccccc3C(N)=O)n2)cc(OC)c1OC. The fourth-order valence-corrected chi connectivity index (χ4v) is 2.54. The fourth-order valence-electron chi connectivity index (χ4n) is 2.54. The average Bonchev–Trinajstić information content (AvgIpc) is 3.16. The summed E-state index contributed by atoms with van der Waals surface area (Å²) in [7, 11) is 4.56. The summed E-state index contributed by atoms with van der Waals surface area (Å²) in [4.78, 5) is 16.0. The van der Waals surface area contributed by atoms with Crippen molar-refractivity contribution in [3.8, 4) is 40.1 Å². The van der Waals surface area contributed by atoms with Crippen molar-refractivity contribution in [3.05, 3.63) is 42.0 Å². The van der Waals surface area contributed by atoms with E-state index in [4.69, 9.17) is 24.5 Å². The quantitative estimate of drug-likeness (QED) is 0.723. The predicted molar refractivity (Wildman–Crippen MR) is 93.3 cm³/mol. The molecule has 0 spiro atoms. The van der Waals surface area contributed by atoms with Gasteiger partial charge in [-0.15, -0.1) is 0 Å². The Morgan fingerprint density at radius 3 is 2.27 bits per heavy atom. The van der Waals surface area contributed by atoms with Gasteiger partial charge in [-0.25, -0.2) is 0 Å². The molecule has 0 unspecified atom stereocenters. The molecule has 0 bridgehead atoms. The predicted octanol–water partition coefficient (Wildman–Crippen LogP) is 2.53. The molecule has 1 aromatic heterocycles. The van der Waals surface area contributed by atoms with Gasteiger partial charge in [0.05, 0.1) is 32.5 Å². The molecular formula is C18H17N3O5. The summed E-state index contributed by atoms with van der Waals surface area (Å²) in [5, 5.41) is 3.98. The van der Waals surface area contributed by atoms with Crippen molar-refractivity contribution in [2.75, 3.05) is 21.3 Å². The van der Waals surface area contributed by atoms with E-state index in [1.807, 2.05) is 0 Å². The van der Waals surface area contributed by atoms with E-state index in [0.717, 1.165) is 0 Å². The molecule has 2 N–H and O–H groups in total. The summed E-state index contributed by atoms with van der Waals surface area (Å²) >= 11 is 0. The first kappa shape index (κ1) is 17.3. The first-order chi connectivity index (χ1) is 12.6. The molecule has 3 rings (SSSR count). The number of nitrogens with two attached hydrogens (primary N) is 1. The highest BCUT2D eigenvalue weighted by Crippen LogP contribution is 2.40.